The van der Waals surface area contributed by atoms with Gasteiger partial charge in [-0.3, -0.25) is 4.79 Å². The lowest BCUT2D eigenvalue weighted by molar-refractivity contribution is -0.121. The summed E-state index contributed by atoms with van der Waals surface area (Å²) in [6, 6.07) is 1.97. The average molecular weight is 274 g/mol. The number of rotatable bonds is 5. The van der Waals surface area contributed by atoms with E-state index in [2.05, 4.69) is 15.4 Å². The zero-order valence-electron chi connectivity index (χ0n) is 12.7. The maximum Gasteiger partial charge on any atom is 0.220 e. The highest BCUT2D eigenvalue weighted by atomic mass is 16.1. The number of carbonyl (C=O) groups excluding carboxylic acids is 1. The van der Waals surface area contributed by atoms with Gasteiger partial charge in [-0.15, -0.1) is 0 Å². The quantitative estimate of drug-likeness (QED) is 0.908. The highest BCUT2D eigenvalue weighted by Crippen LogP contribution is 2.16. The molecular formula is C15H22N4O. The fourth-order valence-electron chi connectivity index (χ4n) is 2.39. The zero-order valence-corrected chi connectivity index (χ0v) is 12.7. The number of fused-ring (bicyclic) bond motifs is 1. The topological polar surface area (TPSA) is 59.3 Å². The van der Waals surface area contributed by atoms with E-state index in [0.29, 0.717) is 12.8 Å². The molecule has 2 aromatic heterocycles. The van der Waals surface area contributed by atoms with Crippen molar-refractivity contribution in [3.8, 4) is 0 Å². The van der Waals surface area contributed by atoms with Gasteiger partial charge in [0.1, 0.15) is 0 Å². The fourth-order valence-corrected chi connectivity index (χ4v) is 2.39. The van der Waals surface area contributed by atoms with Gasteiger partial charge in [0.05, 0.1) is 5.69 Å². The van der Waals surface area contributed by atoms with E-state index in [4.69, 9.17) is 0 Å². The van der Waals surface area contributed by atoms with Crippen LogP contribution in [0.4, 0.5) is 0 Å². The van der Waals surface area contributed by atoms with Crippen molar-refractivity contribution in [3.05, 3.63) is 28.7 Å². The van der Waals surface area contributed by atoms with Crippen LogP contribution in [0.25, 0.3) is 5.65 Å². The Balaban J connectivity index is 2.19. The molecule has 0 fully saturated rings. The second-order valence-corrected chi connectivity index (χ2v) is 5.17. The van der Waals surface area contributed by atoms with Crippen LogP contribution in [0.2, 0.25) is 0 Å². The van der Waals surface area contributed by atoms with E-state index >= 15 is 0 Å². The molecule has 0 atom stereocenters. The van der Waals surface area contributed by atoms with Crippen molar-refractivity contribution in [1.82, 2.24) is 19.9 Å². The van der Waals surface area contributed by atoms with Crippen LogP contribution < -0.4 is 5.32 Å². The standard InChI is InChI=1S/C15H22N4O/c1-5-8-16-15(20)7-6-13-11(3)17-14-9-10(2)18-19(14)12(13)4/h9H,5-8H2,1-4H3,(H,16,20). The molecule has 108 valence electrons. The van der Waals surface area contributed by atoms with E-state index in [1.54, 1.807) is 0 Å². The van der Waals surface area contributed by atoms with Crippen molar-refractivity contribution in [1.29, 1.82) is 0 Å². The van der Waals surface area contributed by atoms with Gasteiger partial charge in [-0.1, -0.05) is 6.92 Å². The first-order valence-corrected chi connectivity index (χ1v) is 7.12. The molecule has 0 aliphatic rings. The monoisotopic (exact) mass is 274 g/mol. The number of nitrogens with one attached hydrogen (secondary N) is 1. The molecule has 20 heavy (non-hydrogen) atoms. The summed E-state index contributed by atoms with van der Waals surface area (Å²) in [4.78, 5) is 16.3. The molecular weight excluding hydrogens is 252 g/mol. The van der Waals surface area contributed by atoms with Gasteiger partial charge >= 0.3 is 0 Å². The summed E-state index contributed by atoms with van der Waals surface area (Å²) in [6.07, 6.45) is 2.16. The van der Waals surface area contributed by atoms with Crippen molar-refractivity contribution >= 4 is 11.6 Å². The Morgan fingerprint density at radius 3 is 2.80 bits per heavy atom. The lowest BCUT2D eigenvalue weighted by atomic mass is 10.1. The Hall–Kier alpha value is -1.91. The minimum Gasteiger partial charge on any atom is -0.356 e. The number of hydrogen-bond acceptors (Lipinski definition) is 3. The molecule has 0 aliphatic carbocycles. The predicted molar refractivity (Wildman–Crippen MR) is 78.8 cm³/mol. The smallest absolute Gasteiger partial charge is 0.220 e. The van der Waals surface area contributed by atoms with Crippen LogP contribution in [0.3, 0.4) is 0 Å². The van der Waals surface area contributed by atoms with E-state index < -0.39 is 0 Å². The van der Waals surface area contributed by atoms with E-state index in [-0.39, 0.29) is 5.91 Å². The van der Waals surface area contributed by atoms with Crippen LogP contribution in [-0.4, -0.2) is 27.0 Å². The highest BCUT2D eigenvalue weighted by Gasteiger charge is 2.12. The first kappa shape index (κ1) is 14.5. The van der Waals surface area contributed by atoms with Crippen LogP contribution in [0.1, 0.15) is 42.4 Å². The molecule has 0 saturated heterocycles. The number of aromatic nitrogens is 3. The van der Waals surface area contributed by atoms with Crippen LogP contribution >= 0.6 is 0 Å². The van der Waals surface area contributed by atoms with E-state index in [0.717, 1.165) is 41.3 Å². The molecule has 0 unspecified atom stereocenters. The minimum atomic E-state index is 0.0994. The summed E-state index contributed by atoms with van der Waals surface area (Å²) in [5.74, 6) is 0.0994. The van der Waals surface area contributed by atoms with E-state index in [1.807, 2.05) is 38.3 Å². The van der Waals surface area contributed by atoms with Crippen molar-refractivity contribution in [3.63, 3.8) is 0 Å². The number of amides is 1. The van der Waals surface area contributed by atoms with Gasteiger partial charge in [0, 0.05) is 30.4 Å². The van der Waals surface area contributed by atoms with Gasteiger partial charge in [0.2, 0.25) is 5.91 Å². The van der Waals surface area contributed by atoms with Crippen LogP contribution in [0.5, 0.6) is 0 Å². The number of carbonyl (C=O) groups is 1. The molecule has 2 heterocycles. The Bertz CT molecular complexity index is 630. The van der Waals surface area contributed by atoms with Gasteiger partial charge in [0.15, 0.2) is 5.65 Å². The van der Waals surface area contributed by atoms with Crippen molar-refractivity contribution in [2.24, 2.45) is 0 Å². The normalized spacial score (nSPS) is 11.0. The average Bonchev–Trinajstić information content (AvgIpc) is 2.76. The fraction of sp³-hybridized carbons (Fsp3) is 0.533. The van der Waals surface area contributed by atoms with Gasteiger partial charge < -0.3 is 5.32 Å². The summed E-state index contributed by atoms with van der Waals surface area (Å²) in [5, 5.41) is 7.35. The van der Waals surface area contributed by atoms with Crippen molar-refractivity contribution < 1.29 is 4.79 Å². The van der Waals surface area contributed by atoms with E-state index in [9.17, 15) is 4.79 Å². The third-order valence-corrected chi connectivity index (χ3v) is 3.46. The number of nitrogens with zero attached hydrogens (tertiary/aromatic N) is 3. The van der Waals surface area contributed by atoms with Gasteiger partial charge in [-0.05, 0) is 39.2 Å². The van der Waals surface area contributed by atoms with Gasteiger partial charge in [0.25, 0.3) is 0 Å². The molecule has 0 aliphatic heterocycles. The number of aryl methyl sites for hydroxylation is 3. The predicted octanol–water partition coefficient (Wildman–Crippen LogP) is 2.11. The molecule has 2 rings (SSSR count). The molecule has 0 radical (unpaired) electrons. The summed E-state index contributed by atoms with van der Waals surface area (Å²) < 4.78 is 1.86. The minimum absolute atomic E-state index is 0.0994. The lowest BCUT2D eigenvalue weighted by Crippen LogP contribution is -2.24. The number of hydrogen-bond donors (Lipinski definition) is 1. The summed E-state index contributed by atoms with van der Waals surface area (Å²) in [5.41, 5.74) is 5.00. The second-order valence-electron chi connectivity index (χ2n) is 5.17. The summed E-state index contributed by atoms with van der Waals surface area (Å²) in [6.45, 7) is 8.78. The largest absolute Gasteiger partial charge is 0.356 e. The lowest BCUT2D eigenvalue weighted by Gasteiger charge is -2.11. The first-order chi connectivity index (χ1) is 9.52. The third kappa shape index (κ3) is 2.98. The van der Waals surface area contributed by atoms with Crippen molar-refractivity contribution in [2.45, 2.75) is 47.0 Å². The van der Waals surface area contributed by atoms with Gasteiger partial charge in [-0.2, -0.15) is 5.10 Å². The SMILES string of the molecule is CCCNC(=O)CCc1c(C)nc2cc(C)nn2c1C. The molecule has 0 spiro atoms. The Morgan fingerprint density at radius 2 is 2.10 bits per heavy atom. The molecule has 1 amide bonds. The summed E-state index contributed by atoms with van der Waals surface area (Å²) >= 11 is 0. The molecule has 5 heteroatoms. The third-order valence-electron chi connectivity index (χ3n) is 3.46. The molecule has 5 nitrogen and oxygen atoms in total. The summed E-state index contributed by atoms with van der Waals surface area (Å²) in [7, 11) is 0. The Kier molecular flexibility index (Phi) is 4.37. The van der Waals surface area contributed by atoms with E-state index in [1.165, 1.54) is 0 Å². The molecule has 1 N–H and O–H groups in total. The van der Waals surface area contributed by atoms with Crippen molar-refractivity contribution in [2.75, 3.05) is 6.54 Å². The first-order valence-electron chi connectivity index (χ1n) is 7.12. The van der Waals surface area contributed by atoms with Crippen LogP contribution in [0.15, 0.2) is 6.07 Å². The van der Waals surface area contributed by atoms with Crippen LogP contribution in [0, 0.1) is 20.8 Å². The molecule has 0 aromatic carbocycles. The molecule has 2 aromatic rings. The molecule has 0 saturated carbocycles. The molecule has 0 bridgehead atoms. The maximum atomic E-state index is 11.7. The van der Waals surface area contributed by atoms with Gasteiger partial charge in [-0.25, -0.2) is 9.50 Å². The maximum absolute atomic E-state index is 11.7. The Morgan fingerprint density at radius 1 is 1.35 bits per heavy atom. The Labute approximate surface area is 119 Å². The highest BCUT2D eigenvalue weighted by molar-refractivity contribution is 5.76. The van der Waals surface area contributed by atoms with Crippen LogP contribution in [-0.2, 0) is 11.2 Å². The second kappa shape index (κ2) is 6.03. The zero-order chi connectivity index (χ0) is 14.7.